The van der Waals surface area contributed by atoms with Crippen LogP contribution in [-0.4, -0.2) is 43.9 Å². The van der Waals surface area contributed by atoms with E-state index in [0.29, 0.717) is 0 Å². The van der Waals surface area contributed by atoms with Crippen molar-refractivity contribution < 1.29 is 15.5 Å². The lowest BCUT2D eigenvalue weighted by Crippen LogP contribution is -2.45. The summed E-state index contributed by atoms with van der Waals surface area (Å²) in [5.41, 5.74) is 0. The molecule has 0 amide bonds. The van der Waals surface area contributed by atoms with Gasteiger partial charge < -0.3 is 15.5 Å². The Morgan fingerprint density at radius 3 is 1.64 bits per heavy atom. The molecule has 0 saturated heterocycles. The standard InChI is InChI=1S/C3H9OSi.C2H7O2Si.CH3O.CH4.Al/c2*1-5(2,3)4;1-2;;/h1-3H3;3H,1-2H3;1H3;1H4;/q3*-1;;+3. The maximum Gasteiger partial charge on any atom is 0.884 e. The lowest BCUT2D eigenvalue weighted by Gasteiger charge is -2.25. The van der Waals surface area contributed by atoms with Crippen LogP contribution in [0.25, 0.3) is 0 Å². The van der Waals surface area contributed by atoms with Crippen molar-refractivity contribution in [1.29, 1.82) is 0 Å². The molecule has 14 heavy (non-hydrogen) atoms. The highest BCUT2D eigenvalue weighted by molar-refractivity contribution is 6.77. The van der Waals surface area contributed by atoms with Crippen LogP contribution in [0.4, 0.5) is 0 Å². The van der Waals surface area contributed by atoms with Crippen LogP contribution in [0.2, 0.25) is 32.7 Å². The molecule has 0 heterocycles. The normalized spacial score (nSPS) is 12.2. The van der Waals surface area contributed by atoms with Gasteiger partial charge in [-0.2, -0.15) is 0 Å². The minimum atomic E-state index is -2.51. The predicted octanol–water partition coefficient (Wildman–Crippen LogP) is 1.82. The summed E-state index contributed by atoms with van der Waals surface area (Å²) >= 11 is -2.09. The molecule has 0 fully saturated rings. The fourth-order valence-corrected chi connectivity index (χ4v) is 6.23. The second-order valence-electron chi connectivity index (χ2n) is 4.32. The zero-order valence-electron chi connectivity index (χ0n) is 9.25. The van der Waals surface area contributed by atoms with Gasteiger partial charge in [-0.3, -0.25) is 0 Å². The van der Waals surface area contributed by atoms with E-state index < -0.39 is 32.0 Å². The van der Waals surface area contributed by atoms with Crippen molar-refractivity contribution in [1.82, 2.24) is 0 Å². The average Bonchev–Trinajstić information content (AvgIpc) is 1.79. The summed E-state index contributed by atoms with van der Waals surface area (Å²) in [6.45, 7) is 9.63. The second kappa shape index (κ2) is 6.40. The van der Waals surface area contributed by atoms with E-state index >= 15 is 0 Å². The van der Waals surface area contributed by atoms with Crippen LogP contribution < -0.4 is 0 Å². The van der Waals surface area contributed by atoms with E-state index in [0.717, 1.165) is 0 Å². The highest BCUT2D eigenvalue weighted by Gasteiger charge is 2.40. The summed E-state index contributed by atoms with van der Waals surface area (Å²) in [6.07, 6.45) is 0. The van der Waals surface area contributed by atoms with Crippen LogP contribution >= 0.6 is 0 Å². The van der Waals surface area contributed by atoms with Gasteiger partial charge in [0.05, 0.1) is 0 Å². The zero-order chi connectivity index (χ0) is 10.7. The first-order valence-corrected chi connectivity index (χ1v) is 11.9. The van der Waals surface area contributed by atoms with Crippen molar-refractivity contribution in [3.05, 3.63) is 0 Å². The lowest BCUT2D eigenvalue weighted by molar-refractivity contribution is 0.220. The fraction of sp³-hybridized carbons (Fsp3) is 1.00. The summed E-state index contributed by atoms with van der Waals surface area (Å²) in [4.78, 5) is 9.52. The summed E-state index contributed by atoms with van der Waals surface area (Å²) < 4.78 is 16.2. The average molecular weight is 254 g/mol. The molecule has 0 aromatic rings. The molecule has 0 saturated carbocycles. The monoisotopic (exact) mass is 254 g/mol. The van der Waals surface area contributed by atoms with Gasteiger partial charge in [-0.15, -0.1) is 0 Å². The van der Waals surface area contributed by atoms with Crippen LogP contribution in [-0.2, 0) is 10.7 Å². The van der Waals surface area contributed by atoms with Crippen molar-refractivity contribution in [2.45, 2.75) is 40.2 Å². The smallest absolute Gasteiger partial charge is 0.499 e. The van der Waals surface area contributed by atoms with Crippen LogP contribution in [0.1, 0.15) is 7.43 Å². The molecule has 0 aliphatic rings. The van der Waals surface area contributed by atoms with Crippen LogP contribution in [0.3, 0.4) is 0 Å². The van der Waals surface area contributed by atoms with E-state index in [4.69, 9.17) is 10.7 Å². The third-order valence-electron chi connectivity index (χ3n) is 1.03. The molecule has 0 aliphatic heterocycles. The highest BCUT2D eigenvalue weighted by Crippen LogP contribution is 2.09. The molecular formula is C7H23AlO4Si2. The van der Waals surface area contributed by atoms with Gasteiger partial charge in [0.25, 0.3) is 0 Å². The van der Waals surface area contributed by atoms with Gasteiger partial charge in [-0.1, -0.05) is 7.43 Å². The Labute approximate surface area is 95.0 Å². The Kier molecular flexibility index (Phi) is 7.87. The zero-order valence-corrected chi connectivity index (χ0v) is 12.4. The van der Waals surface area contributed by atoms with E-state index in [1.807, 2.05) is 0 Å². The topological polar surface area (TPSA) is 47.9 Å². The van der Waals surface area contributed by atoms with Crippen LogP contribution in [0.15, 0.2) is 0 Å². The molecule has 0 aromatic heterocycles. The summed E-state index contributed by atoms with van der Waals surface area (Å²) in [7, 11) is -2.56. The first-order chi connectivity index (χ1) is 5.64. The summed E-state index contributed by atoms with van der Waals surface area (Å²) in [6, 6.07) is 0. The largest absolute Gasteiger partial charge is 0.884 e. The molecule has 0 unspecified atom stereocenters. The Morgan fingerprint density at radius 2 is 1.43 bits per heavy atom. The van der Waals surface area contributed by atoms with Gasteiger partial charge >= 0.3 is 23.7 Å². The molecule has 0 radical (unpaired) electrons. The lowest BCUT2D eigenvalue weighted by atomic mass is 11.8. The molecule has 0 atom stereocenters. The van der Waals surface area contributed by atoms with Crippen LogP contribution in [0.5, 0.6) is 0 Å². The number of rotatable bonds is 5. The molecule has 4 nitrogen and oxygen atoms in total. The van der Waals surface area contributed by atoms with Gasteiger partial charge in [0.15, 0.2) is 8.32 Å². The van der Waals surface area contributed by atoms with Crippen LogP contribution in [0, 0.1) is 0 Å². The van der Waals surface area contributed by atoms with Gasteiger partial charge in [-0.25, -0.2) is 0 Å². The summed E-state index contributed by atoms with van der Waals surface area (Å²) in [5.74, 6) is 0. The van der Waals surface area contributed by atoms with Crippen molar-refractivity contribution in [3.63, 3.8) is 0 Å². The summed E-state index contributed by atoms with van der Waals surface area (Å²) in [5, 5.41) is 0. The molecule has 0 aliphatic carbocycles. The molecule has 0 spiro atoms. The predicted molar refractivity (Wildman–Crippen MR) is 64.7 cm³/mol. The number of hydrogen-bond donors (Lipinski definition) is 1. The van der Waals surface area contributed by atoms with E-state index in [1.165, 1.54) is 0 Å². The van der Waals surface area contributed by atoms with Crippen molar-refractivity contribution in [2.75, 3.05) is 7.11 Å². The Bertz CT molecular complexity index is 139. The van der Waals surface area contributed by atoms with Crippen molar-refractivity contribution in [3.8, 4) is 0 Å². The third kappa shape index (κ3) is 10.9. The minimum Gasteiger partial charge on any atom is -0.499 e. The molecule has 7 heteroatoms. The van der Waals surface area contributed by atoms with E-state index in [-0.39, 0.29) is 7.43 Å². The van der Waals surface area contributed by atoms with Gasteiger partial charge in [-0.05, 0) is 32.7 Å². The van der Waals surface area contributed by atoms with Gasteiger partial charge in [0.1, 0.15) is 0 Å². The molecule has 0 bridgehead atoms. The Hall–Kier alpha value is 0.806. The van der Waals surface area contributed by atoms with E-state index in [1.54, 1.807) is 20.2 Å². The van der Waals surface area contributed by atoms with E-state index in [2.05, 4.69) is 19.6 Å². The quantitative estimate of drug-likeness (QED) is 0.760. The Balaban J connectivity index is 0. The molecule has 86 valence electrons. The third-order valence-corrected chi connectivity index (χ3v) is 8.09. The van der Waals surface area contributed by atoms with Crippen molar-refractivity contribution >= 4 is 32.0 Å². The first-order valence-electron chi connectivity index (χ1n) is 4.25. The van der Waals surface area contributed by atoms with Crippen molar-refractivity contribution in [2.24, 2.45) is 0 Å². The highest BCUT2D eigenvalue weighted by atomic mass is 28.4. The van der Waals surface area contributed by atoms with Gasteiger partial charge in [0.2, 0.25) is 0 Å². The fourth-order valence-electron chi connectivity index (χ4n) is 0.644. The molecule has 0 aromatic carbocycles. The van der Waals surface area contributed by atoms with E-state index in [9.17, 15) is 4.80 Å². The maximum absolute atomic E-state index is 9.52. The molecular weight excluding hydrogens is 231 g/mol. The Morgan fingerprint density at radius 1 is 1.00 bits per heavy atom. The molecule has 1 N–H and O–H groups in total. The minimum absolute atomic E-state index is 0. The number of hydrogen-bond acceptors (Lipinski definition) is 4. The first kappa shape index (κ1) is 17.2. The maximum atomic E-state index is 9.52. The molecule has 0 rings (SSSR count). The van der Waals surface area contributed by atoms with Gasteiger partial charge in [0, 0.05) is 7.11 Å². The second-order valence-corrected chi connectivity index (χ2v) is 14.4. The SMILES string of the molecule is C.C[O][Al]([O][Si](C)(C)C)[O][Si](C)(C)O.